The van der Waals surface area contributed by atoms with Crippen molar-refractivity contribution in [1.29, 1.82) is 0 Å². The summed E-state index contributed by atoms with van der Waals surface area (Å²) in [5.74, 6) is 0.526. The van der Waals surface area contributed by atoms with E-state index in [1.54, 1.807) is 35.4 Å². The van der Waals surface area contributed by atoms with Crippen molar-refractivity contribution in [2.75, 3.05) is 26.2 Å². The van der Waals surface area contributed by atoms with Gasteiger partial charge < -0.3 is 9.32 Å². The first-order valence-electron chi connectivity index (χ1n) is 8.49. The zero-order valence-corrected chi connectivity index (χ0v) is 17.8. The summed E-state index contributed by atoms with van der Waals surface area (Å²) < 4.78 is 33.1. The van der Waals surface area contributed by atoms with E-state index in [0.29, 0.717) is 28.6 Å². The van der Waals surface area contributed by atoms with E-state index in [0.717, 1.165) is 9.35 Å². The quantitative estimate of drug-likeness (QED) is 0.570. The van der Waals surface area contributed by atoms with Gasteiger partial charge in [0.25, 0.3) is 15.9 Å². The van der Waals surface area contributed by atoms with Crippen molar-refractivity contribution in [3.63, 3.8) is 0 Å². The summed E-state index contributed by atoms with van der Waals surface area (Å²) in [7, 11) is -3.52. The normalized spacial score (nSPS) is 15.7. The molecule has 28 heavy (non-hydrogen) atoms. The number of carbonyl (C=O) groups is 1. The van der Waals surface area contributed by atoms with E-state index in [9.17, 15) is 13.2 Å². The first-order valence-corrected chi connectivity index (χ1v) is 11.5. The van der Waals surface area contributed by atoms with E-state index in [1.807, 2.05) is 12.1 Å². The molecular formula is C18H16BrN3O4S2. The molecule has 0 bridgehead atoms. The monoisotopic (exact) mass is 481 g/mol. The Labute approximate surface area is 174 Å². The number of hydrogen-bond acceptors (Lipinski definition) is 6. The fourth-order valence-corrected chi connectivity index (χ4v) is 6.60. The first kappa shape index (κ1) is 19.3. The highest BCUT2D eigenvalue weighted by atomic mass is 79.9. The van der Waals surface area contributed by atoms with Crippen LogP contribution < -0.4 is 0 Å². The zero-order chi connectivity index (χ0) is 19.7. The van der Waals surface area contributed by atoms with Crippen LogP contribution in [0.15, 0.2) is 61.4 Å². The standard InChI is InChI=1S/C18H16BrN3O4S2/c19-16-5-6-17(27-16)28(24,25)22-9-7-21(8-10-22)18(23)14-3-1-13(2-4-14)15-11-20-12-26-15/h1-6,11-12H,7-10H2. The predicted molar refractivity (Wildman–Crippen MR) is 109 cm³/mol. The van der Waals surface area contributed by atoms with E-state index in [1.165, 1.54) is 22.0 Å². The van der Waals surface area contributed by atoms with Gasteiger partial charge in [0.05, 0.1) is 9.98 Å². The number of rotatable bonds is 4. The molecule has 0 atom stereocenters. The molecule has 0 radical (unpaired) electrons. The predicted octanol–water partition coefficient (Wildman–Crippen LogP) is 3.31. The van der Waals surface area contributed by atoms with E-state index in [-0.39, 0.29) is 19.0 Å². The molecule has 1 fully saturated rings. The second-order valence-electron chi connectivity index (χ2n) is 6.20. The van der Waals surface area contributed by atoms with E-state index in [2.05, 4.69) is 20.9 Å². The first-order chi connectivity index (χ1) is 13.4. The van der Waals surface area contributed by atoms with Gasteiger partial charge in [0.15, 0.2) is 12.2 Å². The molecule has 1 aliphatic rings. The van der Waals surface area contributed by atoms with Crippen LogP contribution in [0.5, 0.6) is 0 Å². The molecule has 0 spiro atoms. The number of halogens is 1. The maximum Gasteiger partial charge on any atom is 0.253 e. The molecule has 4 rings (SSSR count). The molecule has 1 aromatic carbocycles. The molecule has 146 valence electrons. The number of carbonyl (C=O) groups excluding carboxylic acids is 1. The third-order valence-electron chi connectivity index (χ3n) is 4.52. The maximum atomic E-state index is 12.7. The summed E-state index contributed by atoms with van der Waals surface area (Å²) in [4.78, 5) is 18.3. The van der Waals surface area contributed by atoms with Crippen LogP contribution in [0.2, 0.25) is 0 Å². The minimum Gasteiger partial charge on any atom is -0.444 e. The van der Waals surface area contributed by atoms with Crippen molar-refractivity contribution >= 4 is 43.2 Å². The smallest absolute Gasteiger partial charge is 0.253 e. The zero-order valence-electron chi connectivity index (χ0n) is 14.6. The molecule has 0 saturated carbocycles. The maximum absolute atomic E-state index is 12.7. The lowest BCUT2D eigenvalue weighted by atomic mass is 10.1. The molecule has 1 amide bonds. The highest BCUT2D eigenvalue weighted by molar-refractivity contribution is 9.11. The lowest BCUT2D eigenvalue weighted by Crippen LogP contribution is -2.50. The summed E-state index contributed by atoms with van der Waals surface area (Å²) in [5, 5.41) is 0. The molecule has 0 N–H and O–H groups in total. The van der Waals surface area contributed by atoms with Crippen molar-refractivity contribution in [3.05, 3.63) is 58.3 Å². The van der Waals surface area contributed by atoms with Crippen molar-refractivity contribution in [3.8, 4) is 11.3 Å². The van der Waals surface area contributed by atoms with Gasteiger partial charge >= 0.3 is 0 Å². The Hall–Kier alpha value is -2.01. The highest BCUT2D eigenvalue weighted by Crippen LogP contribution is 2.29. The van der Waals surface area contributed by atoms with Crippen LogP contribution in [0, 0.1) is 0 Å². The fraction of sp³-hybridized carbons (Fsp3) is 0.222. The van der Waals surface area contributed by atoms with Crippen LogP contribution in [0.4, 0.5) is 0 Å². The number of piperazine rings is 1. The lowest BCUT2D eigenvalue weighted by Gasteiger charge is -2.33. The van der Waals surface area contributed by atoms with Crippen LogP contribution in [0.1, 0.15) is 10.4 Å². The summed E-state index contributed by atoms with van der Waals surface area (Å²) >= 11 is 4.48. The second kappa shape index (κ2) is 7.78. The number of sulfonamides is 1. The fourth-order valence-electron chi connectivity index (χ4n) is 3.01. The third kappa shape index (κ3) is 3.77. The van der Waals surface area contributed by atoms with Gasteiger partial charge in [-0.1, -0.05) is 12.1 Å². The Balaban J connectivity index is 1.41. The Kier molecular flexibility index (Phi) is 5.37. The Morgan fingerprint density at radius 2 is 1.79 bits per heavy atom. The SMILES string of the molecule is O=C(c1ccc(-c2cnco2)cc1)N1CCN(S(=O)(=O)c2ccc(Br)s2)CC1. The molecule has 7 nitrogen and oxygen atoms in total. The summed E-state index contributed by atoms with van der Waals surface area (Å²) in [6.45, 7) is 1.27. The summed E-state index contributed by atoms with van der Waals surface area (Å²) in [6, 6.07) is 10.4. The lowest BCUT2D eigenvalue weighted by molar-refractivity contribution is 0.0698. The van der Waals surface area contributed by atoms with Gasteiger partial charge in [-0.15, -0.1) is 11.3 Å². The molecule has 1 aliphatic heterocycles. The summed E-state index contributed by atoms with van der Waals surface area (Å²) in [6.07, 6.45) is 2.97. The van der Waals surface area contributed by atoms with Crippen LogP contribution >= 0.6 is 27.3 Å². The van der Waals surface area contributed by atoms with Gasteiger partial charge in [-0.3, -0.25) is 4.79 Å². The van der Waals surface area contributed by atoms with E-state index >= 15 is 0 Å². The largest absolute Gasteiger partial charge is 0.444 e. The number of amides is 1. The van der Waals surface area contributed by atoms with Crippen molar-refractivity contribution in [2.45, 2.75) is 4.21 Å². The average Bonchev–Trinajstić information content (AvgIpc) is 3.40. The Bertz CT molecular complexity index is 1070. The van der Waals surface area contributed by atoms with E-state index in [4.69, 9.17) is 4.42 Å². The van der Waals surface area contributed by atoms with Gasteiger partial charge in [-0.25, -0.2) is 13.4 Å². The molecule has 3 aromatic rings. The van der Waals surface area contributed by atoms with Crippen LogP contribution in [0.3, 0.4) is 0 Å². The molecule has 0 unspecified atom stereocenters. The van der Waals surface area contributed by atoms with Crippen molar-refractivity contribution in [2.24, 2.45) is 0 Å². The number of oxazole rings is 1. The molecule has 2 aromatic heterocycles. The summed E-state index contributed by atoms with van der Waals surface area (Å²) in [5.41, 5.74) is 1.40. The minimum atomic E-state index is -3.52. The second-order valence-corrected chi connectivity index (χ2v) is 10.8. The van der Waals surface area contributed by atoms with Gasteiger partial charge in [-0.2, -0.15) is 4.31 Å². The van der Waals surface area contributed by atoms with E-state index < -0.39 is 10.0 Å². The number of nitrogens with zero attached hydrogens (tertiary/aromatic N) is 3. The van der Waals surface area contributed by atoms with Crippen LogP contribution in [-0.2, 0) is 10.0 Å². The topological polar surface area (TPSA) is 83.7 Å². The van der Waals surface area contributed by atoms with Crippen LogP contribution in [-0.4, -0.2) is 54.7 Å². The Morgan fingerprint density at radius 1 is 1.07 bits per heavy atom. The van der Waals surface area contributed by atoms with Gasteiger partial charge in [0.1, 0.15) is 4.21 Å². The van der Waals surface area contributed by atoms with Gasteiger partial charge in [-0.05, 0) is 40.2 Å². The van der Waals surface area contributed by atoms with Crippen molar-refractivity contribution in [1.82, 2.24) is 14.2 Å². The molecule has 3 heterocycles. The van der Waals surface area contributed by atoms with Gasteiger partial charge in [0, 0.05) is 37.3 Å². The Morgan fingerprint density at radius 3 is 2.36 bits per heavy atom. The molecular weight excluding hydrogens is 466 g/mol. The van der Waals surface area contributed by atoms with Gasteiger partial charge in [0.2, 0.25) is 0 Å². The number of hydrogen-bond donors (Lipinski definition) is 0. The minimum absolute atomic E-state index is 0.111. The molecule has 0 aliphatic carbocycles. The van der Waals surface area contributed by atoms with Crippen LogP contribution in [0.25, 0.3) is 11.3 Å². The molecule has 1 saturated heterocycles. The molecule has 10 heteroatoms. The number of thiophene rings is 1. The average molecular weight is 482 g/mol. The highest BCUT2D eigenvalue weighted by Gasteiger charge is 2.31. The number of benzene rings is 1. The number of aromatic nitrogens is 1. The van der Waals surface area contributed by atoms with Crippen molar-refractivity contribution < 1.29 is 17.6 Å². The third-order valence-corrected chi connectivity index (χ3v) is 8.51.